The lowest BCUT2D eigenvalue weighted by atomic mass is 10.1. The van der Waals surface area contributed by atoms with E-state index in [1.165, 1.54) is 12.7 Å². The number of methoxy groups -OCH3 is 1. The zero-order valence-corrected chi connectivity index (χ0v) is 14.3. The van der Waals surface area contributed by atoms with Crippen LogP contribution in [0.2, 0.25) is 0 Å². The number of benzene rings is 2. The van der Waals surface area contributed by atoms with E-state index in [0.29, 0.717) is 5.56 Å². The smallest absolute Gasteiger partial charge is 0.337 e. The summed E-state index contributed by atoms with van der Waals surface area (Å²) in [6, 6.07) is 17.5. The van der Waals surface area contributed by atoms with Gasteiger partial charge >= 0.3 is 5.97 Å². The van der Waals surface area contributed by atoms with Crippen molar-refractivity contribution in [1.29, 1.82) is 0 Å². The fourth-order valence-electron chi connectivity index (χ4n) is 2.58. The zero-order valence-electron chi connectivity index (χ0n) is 14.3. The number of anilines is 1. The van der Waals surface area contributed by atoms with Crippen molar-refractivity contribution >= 4 is 28.6 Å². The Bertz CT molecular complexity index is 915. The highest BCUT2D eigenvalue weighted by Gasteiger charge is 2.03. The van der Waals surface area contributed by atoms with E-state index in [4.69, 9.17) is 4.74 Å². The fraction of sp³-hybridized carbons (Fsp3) is 0.143. The number of nitrogens with zero attached hydrogens (tertiary/aromatic N) is 1. The lowest BCUT2D eigenvalue weighted by molar-refractivity contribution is 0.0600. The van der Waals surface area contributed by atoms with E-state index in [9.17, 15) is 4.79 Å². The molecule has 4 nitrogen and oxygen atoms in total. The van der Waals surface area contributed by atoms with Gasteiger partial charge in [-0.3, -0.25) is 4.98 Å². The van der Waals surface area contributed by atoms with Crippen LogP contribution in [0.4, 0.5) is 5.69 Å². The van der Waals surface area contributed by atoms with Gasteiger partial charge in [-0.2, -0.15) is 0 Å². The number of hydrogen-bond acceptors (Lipinski definition) is 4. The summed E-state index contributed by atoms with van der Waals surface area (Å²) in [5.41, 5.74) is 4.76. The molecule has 3 rings (SSSR count). The molecule has 3 aromatic rings. The quantitative estimate of drug-likeness (QED) is 0.697. The number of ether oxygens (including phenoxy) is 1. The molecule has 0 amide bonds. The number of carbonyl (C=O) groups is 1. The molecule has 1 N–H and O–H groups in total. The highest BCUT2D eigenvalue weighted by atomic mass is 16.5. The molecule has 4 heteroatoms. The summed E-state index contributed by atoms with van der Waals surface area (Å²) < 4.78 is 4.71. The average Bonchev–Trinajstić information content (AvgIpc) is 2.66. The summed E-state index contributed by atoms with van der Waals surface area (Å²) in [7, 11) is 1.38. The molecule has 0 bridgehead atoms. The fourth-order valence-corrected chi connectivity index (χ4v) is 2.58. The van der Waals surface area contributed by atoms with Gasteiger partial charge in [0.05, 0.1) is 30.1 Å². The molecule has 0 fully saturated rings. The standard InChI is InChI=1S/C21H20N2O2/c1-15(11-16-7-9-17(10-8-16)21(24)25-2)13-22-19-12-18-5-3-4-6-20(18)23-14-19/h3-12,14,22H,13H2,1-2H3. The number of para-hydroxylation sites is 1. The summed E-state index contributed by atoms with van der Waals surface area (Å²) in [5.74, 6) is -0.322. The first kappa shape index (κ1) is 16.7. The molecule has 0 aliphatic heterocycles. The Balaban J connectivity index is 1.65. The number of hydrogen-bond donors (Lipinski definition) is 1. The minimum atomic E-state index is -0.322. The number of pyridine rings is 1. The molecular formula is C21H20N2O2. The number of esters is 1. The molecule has 0 spiro atoms. The Morgan fingerprint density at radius 1 is 1.16 bits per heavy atom. The molecule has 0 atom stereocenters. The maximum Gasteiger partial charge on any atom is 0.337 e. The first-order valence-electron chi connectivity index (χ1n) is 8.10. The molecule has 0 radical (unpaired) electrons. The maximum atomic E-state index is 11.4. The van der Waals surface area contributed by atoms with Crippen molar-refractivity contribution < 1.29 is 9.53 Å². The molecule has 0 unspecified atom stereocenters. The summed E-state index contributed by atoms with van der Waals surface area (Å²) in [5, 5.41) is 4.51. The van der Waals surface area contributed by atoms with Crippen LogP contribution in [-0.2, 0) is 4.74 Å². The monoisotopic (exact) mass is 332 g/mol. The Hall–Kier alpha value is -3.14. The molecule has 25 heavy (non-hydrogen) atoms. The molecule has 0 saturated heterocycles. The average molecular weight is 332 g/mol. The van der Waals surface area contributed by atoms with Crippen LogP contribution in [0, 0.1) is 0 Å². The van der Waals surface area contributed by atoms with Crippen molar-refractivity contribution in [3.05, 3.63) is 77.5 Å². The largest absolute Gasteiger partial charge is 0.465 e. The van der Waals surface area contributed by atoms with Crippen LogP contribution in [0.3, 0.4) is 0 Å². The normalized spacial score (nSPS) is 11.4. The van der Waals surface area contributed by atoms with Crippen molar-refractivity contribution in [1.82, 2.24) is 4.98 Å². The van der Waals surface area contributed by atoms with Gasteiger partial charge in [0, 0.05) is 11.9 Å². The van der Waals surface area contributed by atoms with Gasteiger partial charge in [-0.1, -0.05) is 42.0 Å². The maximum absolute atomic E-state index is 11.4. The topological polar surface area (TPSA) is 51.2 Å². The minimum absolute atomic E-state index is 0.322. The van der Waals surface area contributed by atoms with Crippen LogP contribution in [-0.4, -0.2) is 24.6 Å². The molecular weight excluding hydrogens is 312 g/mol. The lowest BCUT2D eigenvalue weighted by Crippen LogP contribution is -2.03. The highest BCUT2D eigenvalue weighted by Crippen LogP contribution is 2.17. The van der Waals surface area contributed by atoms with Crippen molar-refractivity contribution in [3.63, 3.8) is 0 Å². The van der Waals surface area contributed by atoms with Gasteiger partial charge in [0.1, 0.15) is 0 Å². The Labute approximate surface area is 147 Å². The molecule has 2 aromatic carbocycles. The minimum Gasteiger partial charge on any atom is -0.465 e. The second-order valence-corrected chi connectivity index (χ2v) is 5.87. The first-order chi connectivity index (χ1) is 12.2. The SMILES string of the molecule is COC(=O)c1ccc(C=C(C)CNc2cnc3ccccc3c2)cc1. The highest BCUT2D eigenvalue weighted by molar-refractivity contribution is 5.89. The Morgan fingerprint density at radius 2 is 1.92 bits per heavy atom. The van der Waals surface area contributed by atoms with Gasteiger partial charge in [0.2, 0.25) is 0 Å². The van der Waals surface area contributed by atoms with Crippen molar-refractivity contribution in [2.24, 2.45) is 0 Å². The number of carbonyl (C=O) groups excluding carboxylic acids is 1. The van der Waals surface area contributed by atoms with E-state index < -0.39 is 0 Å². The van der Waals surface area contributed by atoms with Crippen LogP contribution >= 0.6 is 0 Å². The van der Waals surface area contributed by atoms with E-state index in [2.05, 4.69) is 35.4 Å². The van der Waals surface area contributed by atoms with Gasteiger partial charge in [-0.15, -0.1) is 0 Å². The second-order valence-electron chi connectivity index (χ2n) is 5.87. The second kappa shape index (κ2) is 7.62. The van der Waals surface area contributed by atoms with Gasteiger partial charge in [-0.25, -0.2) is 4.79 Å². The van der Waals surface area contributed by atoms with Gasteiger partial charge < -0.3 is 10.1 Å². The molecule has 0 aliphatic rings. The van der Waals surface area contributed by atoms with Gasteiger partial charge in [0.15, 0.2) is 0 Å². The van der Waals surface area contributed by atoms with E-state index in [-0.39, 0.29) is 5.97 Å². The first-order valence-corrected chi connectivity index (χ1v) is 8.10. The van der Waals surface area contributed by atoms with E-state index in [0.717, 1.165) is 28.7 Å². The van der Waals surface area contributed by atoms with Gasteiger partial charge in [-0.05, 0) is 36.8 Å². The predicted octanol–water partition coefficient (Wildman–Crippen LogP) is 4.54. The van der Waals surface area contributed by atoms with Gasteiger partial charge in [0.25, 0.3) is 0 Å². The predicted molar refractivity (Wildman–Crippen MR) is 102 cm³/mol. The van der Waals surface area contributed by atoms with Crippen molar-refractivity contribution in [3.8, 4) is 0 Å². The van der Waals surface area contributed by atoms with Crippen LogP contribution < -0.4 is 5.32 Å². The number of nitrogens with one attached hydrogen (secondary N) is 1. The molecule has 0 saturated carbocycles. The summed E-state index contributed by atoms with van der Waals surface area (Å²) in [6.45, 7) is 2.79. The number of aromatic nitrogens is 1. The zero-order chi connectivity index (χ0) is 17.6. The molecule has 0 aliphatic carbocycles. The Morgan fingerprint density at radius 3 is 2.68 bits per heavy atom. The molecule has 126 valence electrons. The summed E-state index contributed by atoms with van der Waals surface area (Å²) in [6.07, 6.45) is 3.93. The summed E-state index contributed by atoms with van der Waals surface area (Å²) >= 11 is 0. The van der Waals surface area contributed by atoms with Crippen molar-refractivity contribution in [2.75, 3.05) is 19.0 Å². The third-order valence-corrected chi connectivity index (χ3v) is 3.91. The van der Waals surface area contributed by atoms with Crippen LogP contribution in [0.15, 0.2) is 66.4 Å². The molecule has 1 heterocycles. The van der Waals surface area contributed by atoms with Crippen molar-refractivity contribution in [2.45, 2.75) is 6.92 Å². The van der Waals surface area contributed by atoms with Crippen LogP contribution in [0.25, 0.3) is 17.0 Å². The van der Waals surface area contributed by atoms with E-state index in [1.807, 2.05) is 36.5 Å². The van der Waals surface area contributed by atoms with Crippen LogP contribution in [0.5, 0.6) is 0 Å². The number of fused-ring (bicyclic) bond motifs is 1. The summed E-state index contributed by atoms with van der Waals surface area (Å²) in [4.78, 5) is 15.9. The van der Waals surface area contributed by atoms with Crippen LogP contribution in [0.1, 0.15) is 22.8 Å². The third-order valence-electron chi connectivity index (χ3n) is 3.91. The van der Waals surface area contributed by atoms with E-state index >= 15 is 0 Å². The molecule has 1 aromatic heterocycles. The third kappa shape index (κ3) is 4.23. The number of rotatable bonds is 5. The Kier molecular flexibility index (Phi) is 5.09. The lowest BCUT2D eigenvalue weighted by Gasteiger charge is -2.08. The van der Waals surface area contributed by atoms with E-state index in [1.54, 1.807) is 12.1 Å².